The molecule has 0 spiro atoms. The van der Waals surface area contributed by atoms with Crippen LogP contribution in [-0.2, 0) is 4.74 Å². The van der Waals surface area contributed by atoms with E-state index < -0.39 is 5.97 Å². The summed E-state index contributed by atoms with van der Waals surface area (Å²) in [5.41, 5.74) is 2.02. The number of nitrogens with one attached hydrogen (secondary N) is 2. The van der Waals surface area contributed by atoms with Gasteiger partial charge in [-0.2, -0.15) is 0 Å². The lowest BCUT2D eigenvalue weighted by Crippen LogP contribution is -2.25. The number of unbranched alkanes of at least 4 members (excludes halogenated alkanes) is 1. The van der Waals surface area contributed by atoms with Gasteiger partial charge in [0.25, 0.3) is 5.91 Å². The normalized spacial score (nSPS) is 10.5. The number of benzene rings is 1. The van der Waals surface area contributed by atoms with E-state index in [2.05, 4.69) is 10.3 Å². The van der Waals surface area contributed by atoms with E-state index in [9.17, 15) is 9.59 Å². The van der Waals surface area contributed by atoms with Crippen LogP contribution in [0.3, 0.4) is 0 Å². The molecule has 2 aromatic rings. The van der Waals surface area contributed by atoms with E-state index in [1.165, 1.54) is 7.11 Å². The summed E-state index contributed by atoms with van der Waals surface area (Å²) in [7, 11) is 1.32. The fourth-order valence-electron chi connectivity index (χ4n) is 2.62. The number of ether oxygens (including phenoxy) is 2. The van der Waals surface area contributed by atoms with Crippen molar-refractivity contribution in [2.45, 2.75) is 26.7 Å². The van der Waals surface area contributed by atoms with Gasteiger partial charge in [-0.3, -0.25) is 4.79 Å². The van der Waals surface area contributed by atoms with Gasteiger partial charge in [0.2, 0.25) is 0 Å². The molecule has 0 unspecified atom stereocenters. The molecule has 1 aromatic heterocycles. The highest BCUT2D eigenvalue weighted by atomic mass is 35.5. The van der Waals surface area contributed by atoms with E-state index in [0.29, 0.717) is 40.7 Å². The zero-order valence-corrected chi connectivity index (χ0v) is 15.9. The number of carbonyl (C=O) groups excluding carboxylic acids is 2. The van der Waals surface area contributed by atoms with E-state index in [4.69, 9.17) is 21.1 Å². The standard InChI is InChI=1S/C19H23ClN2O4/c1-12-16(19(24)25-3)13(2)22-17(12)18(23)21-10-4-5-11-26-15-8-6-14(20)7-9-15/h6-9,22H,4-5,10-11H2,1-3H3,(H,21,23). The summed E-state index contributed by atoms with van der Waals surface area (Å²) in [5, 5.41) is 3.52. The Morgan fingerprint density at radius 3 is 2.50 bits per heavy atom. The third kappa shape index (κ3) is 5.02. The monoisotopic (exact) mass is 378 g/mol. The Labute approximate surface area is 157 Å². The van der Waals surface area contributed by atoms with Crippen molar-refractivity contribution in [3.63, 3.8) is 0 Å². The minimum absolute atomic E-state index is 0.237. The number of amides is 1. The Morgan fingerprint density at radius 2 is 1.85 bits per heavy atom. The number of aromatic amines is 1. The Hall–Kier alpha value is -2.47. The van der Waals surface area contributed by atoms with Crippen molar-refractivity contribution in [1.82, 2.24) is 10.3 Å². The summed E-state index contributed by atoms with van der Waals surface area (Å²) >= 11 is 5.82. The smallest absolute Gasteiger partial charge is 0.339 e. The van der Waals surface area contributed by atoms with E-state index in [1.54, 1.807) is 26.0 Å². The molecular weight excluding hydrogens is 356 g/mol. The first-order valence-electron chi connectivity index (χ1n) is 8.38. The number of hydrogen-bond donors (Lipinski definition) is 2. The average molecular weight is 379 g/mol. The Balaban J connectivity index is 1.75. The van der Waals surface area contributed by atoms with Crippen LogP contribution in [0.15, 0.2) is 24.3 Å². The summed E-state index contributed by atoms with van der Waals surface area (Å²) in [4.78, 5) is 27.0. The van der Waals surface area contributed by atoms with Crippen LogP contribution in [0.25, 0.3) is 0 Å². The molecule has 0 aliphatic carbocycles. The summed E-state index contributed by atoms with van der Waals surface area (Å²) in [6, 6.07) is 7.19. The molecule has 0 atom stereocenters. The molecule has 0 fully saturated rings. The first-order valence-corrected chi connectivity index (χ1v) is 8.76. The maximum atomic E-state index is 12.3. The molecule has 7 heteroatoms. The van der Waals surface area contributed by atoms with Crippen LogP contribution in [0.4, 0.5) is 0 Å². The summed E-state index contributed by atoms with van der Waals surface area (Å²) < 4.78 is 10.3. The number of aryl methyl sites for hydroxylation is 1. The molecule has 0 saturated heterocycles. The fraction of sp³-hybridized carbons (Fsp3) is 0.368. The van der Waals surface area contributed by atoms with Gasteiger partial charge in [0.15, 0.2) is 0 Å². The SMILES string of the molecule is COC(=O)c1c(C)[nH]c(C(=O)NCCCCOc2ccc(Cl)cc2)c1C. The van der Waals surface area contributed by atoms with E-state index in [0.717, 1.165) is 18.6 Å². The predicted molar refractivity (Wildman–Crippen MR) is 100 cm³/mol. The molecule has 2 N–H and O–H groups in total. The van der Waals surface area contributed by atoms with Crippen molar-refractivity contribution < 1.29 is 19.1 Å². The van der Waals surface area contributed by atoms with Gasteiger partial charge in [0.1, 0.15) is 11.4 Å². The maximum Gasteiger partial charge on any atom is 0.339 e. The lowest BCUT2D eigenvalue weighted by atomic mass is 10.1. The van der Waals surface area contributed by atoms with Gasteiger partial charge in [0.05, 0.1) is 19.3 Å². The quantitative estimate of drug-likeness (QED) is 0.542. The van der Waals surface area contributed by atoms with E-state index in [-0.39, 0.29) is 5.91 Å². The first-order chi connectivity index (χ1) is 12.4. The first kappa shape index (κ1) is 19.8. The van der Waals surface area contributed by atoms with Gasteiger partial charge >= 0.3 is 5.97 Å². The number of aromatic nitrogens is 1. The van der Waals surface area contributed by atoms with Crippen molar-refractivity contribution in [2.75, 3.05) is 20.3 Å². The third-order valence-corrected chi connectivity index (χ3v) is 4.25. The molecule has 1 aromatic carbocycles. The van der Waals surface area contributed by atoms with Crippen molar-refractivity contribution >= 4 is 23.5 Å². The Bertz CT molecular complexity index is 769. The van der Waals surface area contributed by atoms with Gasteiger partial charge in [-0.25, -0.2) is 4.79 Å². The van der Waals surface area contributed by atoms with E-state index >= 15 is 0 Å². The van der Waals surface area contributed by atoms with Crippen molar-refractivity contribution in [3.8, 4) is 5.75 Å². The molecular formula is C19H23ClN2O4. The number of rotatable bonds is 8. The molecule has 0 aliphatic rings. The number of halogens is 1. The zero-order chi connectivity index (χ0) is 19.1. The highest BCUT2D eigenvalue weighted by Crippen LogP contribution is 2.19. The number of H-pyrrole nitrogens is 1. The van der Waals surface area contributed by atoms with Crippen molar-refractivity contribution in [3.05, 3.63) is 51.8 Å². The number of hydrogen-bond acceptors (Lipinski definition) is 4. The lowest BCUT2D eigenvalue weighted by Gasteiger charge is -2.07. The van der Waals surface area contributed by atoms with Crippen LogP contribution in [0.1, 0.15) is 44.9 Å². The van der Waals surface area contributed by atoms with E-state index in [1.807, 2.05) is 12.1 Å². The minimum Gasteiger partial charge on any atom is -0.494 e. The van der Waals surface area contributed by atoms with Crippen LogP contribution in [0.5, 0.6) is 5.75 Å². The molecule has 0 radical (unpaired) electrons. The van der Waals surface area contributed by atoms with Crippen LogP contribution >= 0.6 is 11.6 Å². The second kappa shape index (κ2) is 9.29. The molecule has 6 nitrogen and oxygen atoms in total. The van der Waals surface area contributed by atoms with Crippen LogP contribution < -0.4 is 10.1 Å². The van der Waals surface area contributed by atoms with Gasteiger partial charge in [-0.15, -0.1) is 0 Å². The Kier molecular flexibility index (Phi) is 7.09. The van der Waals surface area contributed by atoms with Gasteiger partial charge in [-0.05, 0) is 56.5 Å². The second-order valence-electron chi connectivity index (χ2n) is 5.88. The number of carbonyl (C=O) groups is 2. The molecule has 26 heavy (non-hydrogen) atoms. The van der Waals surface area contributed by atoms with Crippen LogP contribution in [0.2, 0.25) is 5.02 Å². The fourth-order valence-corrected chi connectivity index (χ4v) is 2.75. The topological polar surface area (TPSA) is 80.4 Å². The average Bonchev–Trinajstić information content (AvgIpc) is 2.93. The van der Waals surface area contributed by atoms with Gasteiger partial charge < -0.3 is 19.8 Å². The van der Waals surface area contributed by atoms with Crippen LogP contribution in [0, 0.1) is 13.8 Å². The maximum absolute atomic E-state index is 12.3. The van der Waals surface area contributed by atoms with Gasteiger partial charge in [-0.1, -0.05) is 11.6 Å². The van der Waals surface area contributed by atoms with Crippen molar-refractivity contribution in [1.29, 1.82) is 0 Å². The second-order valence-corrected chi connectivity index (χ2v) is 6.32. The molecule has 1 amide bonds. The predicted octanol–water partition coefficient (Wildman–Crippen LogP) is 3.66. The molecule has 1 heterocycles. The lowest BCUT2D eigenvalue weighted by molar-refractivity contribution is 0.0599. The molecule has 0 aliphatic heterocycles. The summed E-state index contributed by atoms with van der Waals surface area (Å²) in [5.74, 6) is 0.0836. The summed E-state index contributed by atoms with van der Waals surface area (Å²) in [6.45, 7) is 4.55. The minimum atomic E-state index is -0.449. The molecule has 0 saturated carbocycles. The number of esters is 1. The molecule has 0 bridgehead atoms. The molecule has 2 rings (SSSR count). The number of methoxy groups -OCH3 is 1. The highest BCUT2D eigenvalue weighted by molar-refractivity contribution is 6.30. The van der Waals surface area contributed by atoms with Crippen LogP contribution in [-0.4, -0.2) is 37.1 Å². The summed E-state index contributed by atoms with van der Waals surface area (Å²) in [6.07, 6.45) is 1.58. The van der Waals surface area contributed by atoms with Crippen molar-refractivity contribution in [2.24, 2.45) is 0 Å². The largest absolute Gasteiger partial charge is 0.494 e. The zero-order valence-electron chi connectivity index (χ0n) is 15.1. The Morgan fingerprint density at radius 1 is 1.15 bits per heavy atom. The molecule has 140 valence electrons. The third-order valence-electron chi connectivity index (χ3n) is 3.99. The van der Waals surface area contributed by atoms with Gasteiger partial charge in [0, 0.05) is 17.3 Å². The highest BCUT2D eigenvalue weighted by Gasteiger charge is 2.22.